The Morgan fingerprint density at radius 2 is 1.12 bits per heavy atom. The number of nitrogens with one attached hydrogen (secondary N) is 4. The molecule has 0 atom stereocenters. The Balaban J connectivity index is 1.57. The lowest BCUT2D eigenvalue weighted by atomic mass is 10.1. The molecule has 0 saturated heterocycles. The van der Waals surface area contributed by atoms with Crippen molar-refractivity contribution in [3.63, 3.8) is 0 Å². The molecule has 2 amide bonds. The largest absolute Gasteiger partial charge is 0.338 e. The highest BCUT2D eigenvalue weighted by molar-refractivity contribution is 5.94. The van der Waals surface area contributed by atoms with Crippen molar-refractivity contribution in [3.05, 3.63) is 60.7 Å². The molecule has 2 heterocycles. The van der Waals surface area contributed by atoms with Crippen molar-refractivity contribution in [1.29, 1.82) is 0 Å². The second-order valence-corrected chi connectivity index (χ2v) is 7.54. The average molecular weight is 424 g/mol. The number of benzene rings is 3. The number of carbonyl (C=O) groups is 2. The average Bonchev–Trinajstić information content (AvgIpc) is 3.36. The third-order valence-electron chi connectivity index (χ3n) is 5.04. The monoisotopic (exact) mass is 424 g/mol. The van der Waals surface area contributed by atoms with Crippen molar-refractivity contribution in [2.45, 2.75) is 13.8 Å². The highest BCUT2D eigenvalue weighted by atomic mass is 16.2. The van der Waals surface area contributed by atoms with Crippen LogP contribution < -0.4 is 10.6 Å². The van der Waals surface area contributed by atoms with E-state index in [1.165, 1.54) is 13.8 Å². The third kappa shape index (κ3) is 3.69. The van der Waals surface area contributed by atoms with E-state index in [-0.39, 0.29) is 11.8 Å². The number of aromatic amines is 2. The predicted octanol–water partition coefficient (Wildman–Crippen LogP) is 4.69. The number of fused-ring (bicyclic) bond motifs is 2. The fraction of sp³-hybridized carbons (Fsp3) is 0.0833. The van der Waals surface area contributed by atoms with Gasteiger partial charge < -0.3 is 20.6 Å². The lowest BCUT2D eigenvalue weighted by molar-refractivity contribution is -0.115. The van der Waals surface area contributed by atoms with Gasteiger partial charge in [-0.3, -0.25) is 9.59 Å². The number of imidazole rings is 2. The Morgan fingerprint density at radius 3 is 1.53 bits per heavy atom. The van der Waals surface area contributed by atoms with E-state index in [4.69, 9.17) is 9.97 Å². The van der Waals surface area contributed by atoms with Crippen LogP contribution in [0.3, 0.4) is 0 Å². The van der Waals surface area contributed by atoms with E-state index in [9.17, 15) is 9.59 Å². The molecule has 5 aromatic rings. The lowest BCUT2D eigenvalue weighted by Crippen LogP contribution is -2.05. The van der Waals surface area contributed by atoms with Crippen LogP contribution in [0.2, 0.25) is 0 Å². The summed E-state index contributed by atoms with van der Waals surface area (Å²) < 4.78 is 0. The summed E-state index contributed by atoms with van der Waals surface area (Å²) in [5, 5.41) is 5.56. The molecule has 8 heteroatoms. The number of nitrogens with zero attached hydrogens (tertiary/aromatic N) is 2. The first-order chi connectivity index (χ1) is 15.5. The summed E-state index contributed by atoms with van der Waals surface area (Å²) in [7, 11) is 0. The zero-order valence-electron chi connectivity index (χ0n) is 17.5. The number of hydrogen-bond donors (Lipinski definition) is 4. The number of amides is 2. The van der Waals surface area contributed by atoms with Gasteiger partial charge in [0.1, 0.15) is 11.6 Å². The van der Waals surface area contributed by atoms with Crippen molar-refractivity contribution in [2.24, 2.45) is 0 Å². The zero-order chi connectivity index (χ0) is 22.2. The number of rotatable bonds is 4. The fourth-order valence-electron chi connectivity index (χ4n) is 3.72. The van der Waals surface area contributed by atoms with Gasteiger partial charge in [0.05, 0.1) is 22.1 Å². The lowest BCUT2D eigenvalue weighted by Gasteiger charge is -2.04. The van der Waals surface area contributed by atoms with E-state index in [1.54, 1.807) is 0 Å². The topological polar surface area (TPSA) is 116 Å². The van der Waals surface area contributed by atoms with Gasteiger partial charge in [-0.05, 0) is 36.4 Å². The minimum Gasteiger partial charge on any atom is -0.338 e. The van der Waals surface area contributed by atoms with Crippen molar-refractivity contribution in [1.82, 2.24) is 19.9 Å². The van der Waals surface area contributed by atoms with Gasteiger partial charge in [0.15, 0.2) is 0 Å². The number of carbonyl (C=O) groups excluding carboxylic acids is 2. The summed E-state index contributed by atoms with van der Waals surface area (Å²) in [4.78, 5) is 38.9. The van der Waals surface area contributed by atoms with Gasteiger partial charge in [0.2, 0.25) is 11.8 Å². The van der Waals surface area contributed by atoms with Gasteiger partial charge in [0, 0.05) is 36.3 Å². The van der Waals surface area contributed by atoms with Crippen LogP contribution in [0.5, 0.6) is 0 Å². The van der Waals surface area contributed by atoms with E-state index >= 15 is 0 Å². The van der Waals surface area contributed by atoms with Gasteiger partial charge >= 0.3 is 0 Å². The molecule has 0 unspecified atom stereocenters. The SMILES string of the molecule is CC(=O)Nc1ccc2[nH]c(-c3ccccc3-c3nc4cc(NC(C)=O)ccc4[nH]3)nc2c1. The number of hydrogen-bond acceptors (Lipinski definition) is 4. The van der Waals surface area contributed by atoms with E-state index in [1.807, 2.05) is 60.7 Å². The molecular formula is C24H20N6O2. The zero-order valence-corrected chi connectivity index (χ0v) is 17.5. The van der Waals surface area contributed by atoms with Crippen LogP contribution >= 0.6 is 0 Å². The van der Waals surface area contributed by atoms with E-state index in [0.29, 0.717) is 23.0 Å². The molecule has 32 heavy (non-hydrogen) atoms. The summed E-state index contributed by atoms with van der Waals surface area (Å²) in [6.07, 6.45) is 0. The smallest absolute Gasteiger partial charge is 0.221 e. The molecule has 0 aliphatic carbocycles. The highest BCUT2D eigenvalue weighted by Crippen LogP contribution is 2.32. The quantitative estimate of drug-likeness (QED) is 0.335. The standard InChI is InChI=1S/C24H20N6O2/c1-13(31)25-15-7-9-19-21(11-15)29-23(27-19)17-5-3-4-6-18(17)24-28-20-10-8-16(26-14(2)32)12-22(20)30-24/h3-12H,1-2H3,(H,25,31)(H,26,32)(H,27,29)(H,28,30). The Morgan fingerprint density at radius 1 is 0.688 bits per heavy atom. The summed E-state index contributed by atoms with van der Waals surface area (Å²) in [5.41, 5.74) is 6.43. The van der Waals surface area contributed by atoms with Crippen LogP contribution in [0, 0.1) is 0 Å². The van der Waals surface area contributed by atoms with Crippen LogP contribution in [-0.4, -0.2) is 31.8 Å². The molecule has 0 aliphatic heterocycles. The van der Waals surface area contributed by atoms with Gasteiger partial charge in [0.25, 0.3) is 0 Å². The van der Waals surface area contributed by atoms with Crippen LogP contribution in [0.15, 0.2) is 60.7 Å². The second-order valence-electron chi connectivity index (χ2n) is 7.54. The van der Waals surface area contributed by atoms with Crippen LogP contribution in [0.4, 0.5) is 11.4 Å². The van der Waals surface area contributed by atoms with Gasteiger partial charge in [-0.1, -0.05) is 24.3 Å². The van der Waals surface area contributed by atoms with Gasteiger partial charge in [-0.15, -0.1) is 0 Å². The number of anilines is 2. The van der Waals surface area contributed by atoms with Crippen molar-refractivity contribution in [2.75, 3.05) is 10.6 Å². The summed E-state index contributed by atoms with van der Waals surface area (Å²) in [6.45, 7) is 2.95. The van der Waals surface area contributed by atoms with E-state index in [2.05, 4.69) is 20.6 Å². The normalized spacial score (nSPS) is 11.1. The maximum absolute atomic E-state index is 11.4. The molecule has 158 valence electrons. The molecule has 0 radical (unpaired) electrons. The molecule has 3 aromatic carbocycles. The molecular weight excluding hydrogens is 404 g/mol. The molecule has 0 spiro atoms. The molecule has 8 nitrogen and oxygen atoms in total. The fourth-order valence-corrected chi connectivity index (χ4v) is 3.72. The van der Waals surface area contributed by atoms with Crippen molar-refractivity contribution in [3.8, 4) is 22.8 Å². The Bertz CT molecular complexity index is 1380. The Labute approximate surface area is 183 Å². The van der Waals surface area contributed by atoms with Gasteiger partial charge in [-0.25, -0.2) is 9.97 Å². The van der Waals surface area contributed by atoms with Gasteiger partial charge in [-0.2, -0.15) is 0 Å². The van der Waals surface area contributed by atoms with Crippen LogP contribution in [0.1, 0.15) is 13.8 Å². The third-order valence-corrected chi connectivity index (χ3v) is 5.04. The van der Waals surface area contributed by atoms with E-state index in [0.717, 1.165) is 33.2 Å². The minimum atomic E-state index is -0.128. The maximum Gasteiger partial charge on any atom is 0.221 e. The van der Waals surface area contributed by atoms with E-state index < -0.39 is 0 Å². The molecule has 0 bridgehead atoms. The summed E-state index contributed by atoms with van der Waals surface area (Å²) in [6, 6.07) is 19.0. The molecule has 0 fully saturated rings. The maximum atomic E-state index is 11.4. The minimum absolute atomic E-state index is 0.128. The molecule has 4 N–H and O–H groups in total. The number of H-pyrrole nitrogens is 2. The molecule has 0 saturated carbocycles. The first kappa shape index (κ1) is 19.5. The number of aromatic nitrogens is 4. The molecule has 2 aromatic heterocycles. The molecule has 0 aliphatic rings. The molecule has 5 rings (SSSR count). The highest BCUT2D eigenvalue weighted by Gasteiger charge is 2.15. The van der Waals surface area contributed by atoms with Crippen LogP contribution in [-0.2, 0) is 9.59 Å². The summed E-state index contributed by atoms with van der Waals surface area (Å²) in [5.74, 6) is 1.15. The predicted molar refractivity (Wildman–Crippen MR) is 125 cm³/mol. The van der Waals surface area contributed by atoms with Crippen molar-refractivity contribution < 1.29 is 9.59 Å². The Hall–Kier alpha value is -4.46. The van der Waals surface area contributed by atoms with Crippen LogP contribution in [0.25, 0.3) is 44.8 Å². The first-order valence-corrected chi connectivity index (χ1v) is 10.1. The second kappa shape index (κ2) is 7.66. The summed E-state index contributed by atoms with van der Waals surface area (Å²) >= 11 is 0. The first-order valence-electron chi connectivity index (χ1n) is 10.1. The Kier molecular flexibility index (Phi) is 4.67. The van der Waals surface area contributed by atoms with Crippen molar-refractivity contribution >= 4 is 45.3 Å².